The Balaban J connectivity index is 2.60. The average molecular weight is 1180 g/mol. The molecular formula is C71H130O12. The molecule has 0 amide bonds. The first-order chi connectivity index (χ1) is 40.6. The predicted octanol–water partition coefficient (Wildman–Crippen LogP) is 19.4. The Labute approximate surface area is 508 Å². The van der Waals surface area contributed by atoms with Crippen molar-refractivity contribution in [3.63, 3.8) is 0 Å². The smallest absolute Gasteiger partial charge is 0.335 e. The normalized spacial score (nSPS) is 17.6. The molecule has 0 spiro atoms. The number of carbonyl (C=O) groups excluding carboxylic acids is 3. The van der Waals surface area contributed by atoms with Gasteiger partial charge in [-0.25, -0.2) is 4.79 Å². The number of esters is 3. The third kappa shape index (κ3) is 48.9. The molecule has 0 aromatic carbocycles. The minimum absolute atomic E-state index is 0.0611. The monoisotopic (exact) mass is 1170 g/mol. The number of hydrogen-bond acceptors (Lipinski definition) is 11. The lowest BCUT2D eigenvalue weighted by atomic mass is 9.98. The Bertz CT molecular complexity index is 1530. The van der Waals surface area contributed by atoms with E-state index in [1.807, 2.05) is 0 Å². The number of ether oxygens (including phenoxy) is 5. The number of hydrogen-bond donors (Lipinski definition) is 3. The van der Waals surface area contributed by atoms with Crippen molar-refractivity contribution >= 4 is 23.9 Å². The number of unbranched alkanes of at least 4 members (excludes halogenated alkanes) is 44. The van der Waals surface area contributed by atoms with Crippen LogP contribution in [0.25, 0.3) is 0 Å². The number of allylic oxidation sites excluding steroid dienone is 4. The summed E-state index contributed by atoms with van der Waals surface area (Å²) in [5, 5.41) is 31.7. The Morgan fingerprint density at radius 2 is 0.723 bits per heavy atom. The number of carbonyl (C=O) groups is 4. The van der Waals surface area contributed by atoms with E-state index in [-0.39, 0.29) is 25.9 Å². The fraction of sp³-hybridized carbons (Fsp3) is 0.887. The van der Waals surface area contributed by atoms with Gasteiger partial charge in [-0.15, -0.1) is 0 Å². The van der Waals surface area contributed by atoms with E-state index in [0.717, 1.165) is 77.0 Å². The molecule has 0 radical (unpaired) electrons. The van der Waals surface area contributed by atoms with Crippen LogP contribution in [-0.4, -0.2) is 89.2 Å². The lowest BCUT2D eigenvalue weighted by molar-refractivity contribution is -0.301. The maximum atomic E-state index is 13.2. The van der Waals surface area contributed by atoms with Crippen molar-refractivity contribution in [2.24, 2.45) is 0 Å². The third-order valence-electron chi connectivity index (χ3n) is 16.5. The molecule has 0 aromatic rings. The predicted molar refractivity (Wildman–Crippen MR) is 340 cm³/mol. The van der Waals surface area contributed by atoms with Crippen LogP contribution in [0.15, 0.2) is 24.3 Å². The van der Waals surface area contributed by atoms with Crippen LogP contribution in [0.4, 0.5) is 0 Å². The molecule has 0 aromatic heterocycles. The van der Waals surface area contributed by atoms with Gasteiger partial charge in [0.1, 0.15) is 18.8 Å². The van der Waals surface area contributed by atoms with Gasteiger partial charge in [0.15, 0.2) is 24.6 Å². The Hall–Kier alpha value is -2.80. The zero-order valence-corrected chi connectivity index (χ0v) is 54.0. The molecular weight excluding hydrogens is 1040 g/mol. The number of aliphatic hydroxyl groups is 2. The van der Waals surface area contributed by atoms with Crippen LogP contribution in [0, 0.1) is 0 Å². The fourth-order valence-corrected chi connectivity index (χ4v) is 11.1. The molecule has 1 aliphatic rings. The summed E-state index contributed by atoms with van der Waals surface area (Å²) in [5.74, 6) is -3.07. The Kier molecular flexibility index (Phi) is 56.1. The van der Waals surface area contributed by atoms with Crippen LogP contribution in [0.1, 0.15) is 355 Å². The fourth-order valence-electron chi connectivity index (χ4n) is 11.1. The number of aliphatic carboxylic acids is 1. The maximum Gasteiger partial charge on any atom is 0.335 e. The second kappa shape index (κ2) is 59.5. The first-order valence-corrected chi connectivity index (χ1v) is 35.3. The van der Waals surface area contributed by atoms with Crippen molar-refractivity contribution in [2.75, 3.05) is 13.2 Å². The van der Waals surface area contributed by atoms with Crippen molar-refractivity contribution in [1.29, 1.82) is 0 Å². The quantitative estimate of drug-likeness (QED) is 0.0228. The van der Waals surface area contributed by atoms with Gasteiger partial charge in [-0.3, -0.25) is 14.4 Å². The molecule has 0 aliphatic carbocycles. The van der Waals surface area contributed by atoms with Gasteiger partial charge in [0, 0.05) is 19.3 Å². The molecule has 6 atom stereocenters. The van der Waals surface area contributed by atoms with Gasteiger partial charge in [0.25, 0.3) is 0 Å². The van der Waals surface area contributed by atoms with Crippen LogP contribution in [0.3, 0.4) is 0 Å². The molecule has 3 N–H and O–H groups in total. The van der Waals surface area contributed by atoms with Gasteiger partial charge >= 0.3 is 23.9 Å². The Morgan fingerprint density at radius 1 is 0.398 bits per heavy atom. The highest BCUT2D eigenvalue weighted by molar-refractivity contribution is 5.74. The maximum absolute atomic E-state index is 13.2. The Morgan fingerprint density at radius 3 is 1.11 bits per heavy atom. The summed E-state index contributed by atoms with van der Waals surface area (Å²) in [6, 6.07) is 0. The van der Waals surface area contributed by atoms with E-state index in [1.54, 1.807) is 0 Å². The van der Waals surface area contributed by atoms with Crippen LogP contribution in [0.2, 0.25) is 0 Å². The van der Waals surface area contributed by atoms with E-state index >= 15 is 0 Å². The highest BCUT2D eigenvalue weighted by atomic mass is 16.7. The van der Waals surface area contributed by atoms with Gasteiger partial charge in [0.05, 0.1) is 6.61 Å². The standard InChI is InChI=1S/C71H130O12/c1-4-7-10-13-16-19-22-25-28-30-32-34-37-39-42-45-48-51-54-57-63(72)79-60-62(81-64(73)58-55-52-49-46-43-40-36-27-24-21-18-15-12-9-6-3)61-80-71-69(67(76)66(75)68(83-71)70(77)78)82-65(74)59-56-53-50-47-44-41-38-35-33-31-29-26-23-20-17-14-11-8-5-2/h17,20,26,29,62,66-69,71,75-76H,4-16,18-19,21-25,27-28,30-61H2,1-3H3,(H,77,78)/b20-17-,29-26-. The van der Waals surface area contributed by atoms with Crippen molar-refractivity contribution in [2.45, 2.75) is 391 Å². The minimum Gasteiger partial charge on any atom is -0.479 e. The first kappa shape index (κ1) is 78.2. The van der Waals surface area contributed by atoms with Crippen LogP contribution >= 0.6 is 0 Å². The van der Waals surface area contributed by atoms with Crippen LogP contribution in [0.5, 0.6) is 0 Å². The third-order valence-corrected chi connectivity index (χ3v) is 16.5. The van der Waals surface area contributed by atoms with Crippen molar-refractivity contribution in [1.82, 2.24) is 0 Å². The zero-order valence-electron chi connectivity index (χ0n) is 54.0. The average Bonchev–Trinajstić information content (AvgIpc) is 3.60. The topological polar surface area (TPSA) is 175 Å². The summed E-state index contributed by atoms with van der Waals surface area (Å²) >= 11 is 0. The van der Waals surface area contributed by atoms with Crippen molar-refractivity contribution < 1.29 is 58.2 Å². The summed E-state index contributed by atoms with van der Waals surface area (Å²) in [5.41, 5.74) is 0. The second-order valence-electron chi connectivity index (χ2n) is 24.5. The lowest BCUT2D eigenvalue weighted by Gasteiger charge is -2.40. The van der Waals surface area contributed by atoms with Crippen LogP contribution < -0.4 is 0 Å². The van der Waals surface area contributed by atoms with Crippen molar-refractivity contribution in [3.05, 3.63) is 24.3 Å². The molecule has 83 heavy (non-hydrogen) atoms. The molecule has 486 valence electrons. The van der Waals surface area contributed by atoms with Gasteiger partial charge in [0.2, 0.25) is 0 Å². The van der Waals surface area contributed by atoms with E-state index < -0.39 is 67.3 Å². The molecule has 12 nitrogen and oxygen atoms in total. The molecule has 1 saturated heterocycles. The van der Waals surface area contributed by atoms with E-state index in [9.17, 15) is 34.5 Å². The van der Waals surface area contributed by atoms with E-state index in [2.05, 4.69) is 45.1 Å². The summed E-state index contributed by atoms with van der Waals surface area (Å²) in [7, 11) is 0. The largest absolute Gasteiger partial charge is 0.479 e. The van der Waals surface area contributed by atoms with E-state index in [0.29, 0.717) is 19.3 Å². The van der Waals surface area contributed by atoms with Crippen LogP contribution in [-0.2, 0) is 42.9 Å². The minimum atomic E-state index is -1.90. The van der Waals surface area contributed by atoms with Crippen molar-refractivity contribution in [3.8, 4) is 0 Å². The lowest BCUT2D eigenvalue weighted by Crippen LogP contribution is -2.61. The summed E-state index contributed by atoms with van der Waals surface area (Å²) in [6.07, 6.45) is 58.4. The highest BCUT2D eigenvalue weighted by Gasteiger charge is 2.50. The molecule has 0 saturated carbocycles. The van der Waals surface area contributed by atoms with Gasteiger partial charge < -0.3 is 39.0 Å². The first-order valence-electron chi connectivity index (χ1n) is 35.3. The number of aliphatic hydroxyl groups excluding tert-OH is 2. The molecule has 1 rings (SSSR count). The van der Waals surface area contributed by atoms with E-state index in [1.165, 1.54) is 218 Å². The zero-order chi connectivity index (χ0) is 60.3. The second-order valence-corrected chi connectivity index (χ2v) is 24.5. The molecule has 6 unspecified atom stereocenters. The molecule has 12 heteroatoms. The number of carboxylic acid groups (broad SMARTS) is 1. The molecule has 1 heterocycles. The summed E-state index contributed by atoms with van der Waals surface area (Å²) < 4.78 is 28.6. The van der Waals surface area contributed by atoms with Gasteiger partial charge in [-0.2, -0.15) is 0 Å². The SMILES string of the molecule is CCCCC/C=C\C/C=C\CCCCCCCCCCCC(=O)OC1C(OCC(COC(=O)CCCCCCCCCCCCCCCCCCCCC)OC(=O)CCCCCCCCCCCCCCCCC)OC(C(=O)O)C(O)C1O. The number of rotatable bonds is 62. The molecule has 1 fully saturated rings. The summed E-state index contributed by atoms with van der Waals surface area (Å²) in [6.45, 7) is 6.05. The molecule has 0 bridgehead atoms. The molecule has 1 aliphatic heterocycles. The van der Waals surface area contributed by atoms with E-state index in [4.69, 9.17) is 23.7 Å². The highest BCUT2D eigenvalue weighted by Crippen LogP contribution is 2.27. The van der Waals surface area contributed by atoms with Gasteiger partial charge in [-0.05, 0) is 51.4 Å². The summed E-state index contributed by atoms with van der Waals surface area (Å²) in [4.78, 5) is 51.5. The number of carboxylic acids is 1. The van der Waals surface area contributed by atoms with Gasteiger partial charge in [-0.1, -0.05) is 308 Å².